The summed E-state index contributed by atoms with van der Waals surface area (Å²) in [6.07, 6.45) is 2.46. The van der Waals surface area contributed by atoms with Gasteiger partial charge in [0.15, 0.2) is 0 Å². The Morgan fingerprint density at radius 2 is 2.19 bits per heavy atom. The standard InChI is InChI=1S/C19H17ClFN3O2S/c20-16-8-7-15(27-16)19(25)24-9-3-4-12(11-24)10-17-22-18(23-26-17)13-5-1-2-6-14(13)21/h1-2,5-8,12H,3-4,9-11H2. The lowest BCUT2D eigenvalue weighted by Crippen LogP contribution is -2.40. The summed E-state index contributed by atoms with van der Waals surface area (Å²) in [5.41, 5.74) is 0.322. The molecule has 1 atom stereocenters. The van der Waals surface area contributed by atoms with Crippen LogP contribution in [0.3, 0.4) is 0 Å². The largest absolute Gasteiger partial charge is 0.339 e. The van der Waals surface area contributed by atoms with Crippen molar-refractivity contribution in [2.24, 2.45) is 5.92 Å². The molecule has 1 unspecified atom stereocenters. The number of likely N-dealkylation sites (tertiary alicyclic amines) is 1. The SMILES string of the molecule is O=C(c1ccc(Cl)s1)N1CCCC(Cc2nc(-c3ccccc3F)no2)C1. The molecule has 4 rings (SSSR count). The van der Waals surface area contributed by atoms with Gasteiger partial charge < -0.3 is 9.42 Å². The normalized spacial score (nSPS) is 17.3. The first-order chi connectivity index (χ1) is 13.1. The van der Waals surface area contributed by atoms with Gasteiger partial charge in [-0.25, -0.2) is 4.39 Å². The van der Waals surface area contributed by atoms with Crippen molar-refractivity contribution in [3.05, 3.63) is 57.3 Å². The van der Waals surface area contributed by atoms with Gasteiger partial charge in [0.2, 0.25) is 11.7 Å². The Morgan fingerprint density at radius 1 is 1.33 bits per heavy atom. The smallest absolute Gasteiger partial charge is 0.263 e. The topological polar surface area (TPSA) is 59.2 Å². The first-order valence-corrected chi connectivity index (χ1v) is 9.91. The maximum Gasteiger partial charge on any atom is 0.263 e. The first-order valence-electron chi connectivity index (χ1n) is 8.72. The molecule has 0 aliphatic carbocycles. The summed E-state index contributed by atoms with van der Waals surface area (Å²) >= 11 is 7.23. The van der Waals surface area contributed by atoms with Crippen LogP contribution in [0.1, 0.15) is 28.4 Å². The van der Waals surface area contributed by atoms with Gasteiger partial charge >= 0.3 is 0 Å². The van der Waals surface area contributed by atoms with E-state index in [1.54, 1.807) is 30.3 Å². The van der Waals surface area contributed by atoms with Crippen molar-refractivity contribution in [1.29, 1.82) is 0 Å². The van der Waals surface area contributed by atoms with Gasteiger partial charge in [-0.3, -0.25) is 4.79 Å². The molecule has 0 radical (unpaired) electrons. The number of hydrogen-bond donors (Lipinski definition) is 0. The summed E-state index contributed by atoms with van der Waals surface area (Å²) < 4.78 is 19.8. The lowest BCUT2D eigenvalue weighted by Gasteiger charge is -2.31. The molecule has 1 fully saturated rings. The Bertz CT molecular complexity index is 958. The zero-order valence-corrected chi connectivity index (χ0v) is 16.0. The molecule has 1 aromatic carbocycles. The lowest BCUT2D eigenvalue weighted by atomic mass is 9.94. The molecule has 1 amide bonds. The first kappa shape index (κ1) is 18.1. The predicted molar refractivity (Wildman–Crippen MR) is 101 cm³/mol. The maximum atomic E-state index is 13.9. The Kier molecular flexibility index (Phi) is 5.22. The summed E-state index contributed by atoms with van der Waals surface area (Å²) in [6, 6.07) is 9.84. The second-order valence-electron chi connectivity index (χ2n) is 6.56. The molecular formula is C19H17ClFN3O2S. The van der Waals surface area contributed by atoms with Crippen LogP contribution in [-0.2, 0) is 6.42 Å². The fourth-order valence-corrected chi connectivity index (χ4v) is 4.35. The number of benzene rings is 1. The van der Waals surface area contributed by atoms with Crippen molar-refractivity contribution in [3.63, 3.8) is 0 Å². The number of carbonyl (C=O) groups excluding carboxylic acids is 1. The van der Waals surface area contributed by atoms with E-state index >= 15 is 0 Å². The van der Waals surface area contributed by atoms with Gasteiger partial charge in [-0.1, -0.05) is 28.9 Å². The Morgan fingerprint density at radius 3 is 2.96 bits per heavy atom. The molecule has 140 valence electrons. The van der Waals surface area contributed by atoms with E-state index in [1.807, 2.05) is 4.90 Å². The molecule has 0 N–H and O–H groups in total. The molecule has 0 saturated carbocycles. The van der Waals surface area contributed by atoms with Crippen LogP contribution in [0, 0.1) is 11.7 Å². The number of aromatic nitrogens is 2. The van der Waals surface area contributed by atoms with Crippen LogP contribution in [0.15, 0.2) is 40.9 Å². The van der Waals surface area contributed by atoms with Gasteiger partial charge in [-0.05, 0) is 43.0 Å². The highest BCUT2D eigenvalue weighted by Crippen LogP contribution is 2.27. The highest BCUT2D eigenvalue weighted by Gasteiger charge is 2.27. The monoisotopic (exact) mass is 405 g/mol. The quantitative estimate of drug-likeness (QED) is 0.632. The molecule has 1 saturated heterocycles. The predicted octanol–water partition coefficient (Wildman–Crippen LogP) is 4.69. The Hall–Kier alpha value is -2.25. The van der Waals surface area contributed by atoms with Gasteiger partial charge in [-0.2, -0.15) is 4.98 Å². The van der Waals surface area contributed by atoms with Crippen molar-refractivity contribution < 1.29 is 13.7 Å². The summed E-state index contributed by atoms with van der Waals surface area (Å²) in [6.45, 7) is 1.36. The number of piperidine rings is 1. The van der Waals surface area contributed by atoms with E-state index in [-0.39, 0.29) is 23.5 Å². The summed E-state index contributed by atoms with van der Waals surface area (Å²) in [5, 5.41) is 3.90. The lowest BCUT2D eigenvalue weighted by molar-refractivity contribution is 0.0673. The number of amides is 1. The second-order valence-corrected chi connectivity index (χ2v) is 8.27. The van der Waals surface area contributed by atoms with Crippen molar-refractivity contribution in [3.8, 4) is 11.4 Å². The molecule has 3 aromatic rings. The molecular weight excluding hydrogens is 389 g/mol. The van der Waals surface area contributed by atoms with E-state index in [0.29, 0.717) is 33.6 Å². The zero-order valence-electron chi connectivity index (χ0n) is 14.4. The van der Waals surface area contributed by atoms with Gasteiger partial charge in [0, 0.05) is 19.5 Å². The highest BCUT2D eigenvalue weighted by molar-refractivity contribution is 7.17. The van der Waals surface area contributed by atoms with E-state index < -0.39 is 0 Å². The third-order valence-electron chi connectivity index (χ3n) is 4.64. The number of hydrogen-bond acceptors (Lipinski definition) is 5. The highest BCUT2D eigenvalue weighted by atomic mass is 35.5. The minimum atomic E-state index is -0.381. The number of thiophene rings is 1. The fraction of sp³-hybridized carbons (Fsp3) is 0.316. The zero-order chi connectivity index (χ0) is 18.8. The van der Waals surface area contributed by atoms with Crippen LogP contribution >= 0.6 is 22.9 Å². The third-order valence-corrected chi connectivity index (χ3v) is 5.86. The molecule has 5 nitrogen and oxygen atoms in total. The molecule has 27 heavy (non-hydrogen) atoms. The van der Waals surface area contributed by atoms with Crippen molar-refractivity contribution in [2.75, 3.05) is 13.1 Å². The fourth-order valence-electron chi connectivity index (χ4n) is 3.34. The Labute approximate surface area is 164 Å². The van der Waals surface area contributed by atoms with E-state index in [9.17, 15) is 9.18 Å². The van der Waals surface area contributed by atoms with Crippen molar-refractivity contribution >= 4 is 28.8 Å². The summed E-state index contributed by atoms with van der Waals surface area (Å²) in [7, 11) is 0. The van der Waals surface area contributed by atoms with E-state index in [4.69, 9.17) is 16.1 Å². The average Bonchev–Trinajstić information content (AvgIpc) is 3.31. The van der Waals surface area contributed by atoms with Crippen LogP contribution in [0.4, 0.5) is 4.39 Å². The molecule has 1 aliphatic rings. The third kappa shape index (κ3) is 4.04. The molecule has 0 bridgehead atoms. The van der Waals surface area contributed by atoms with E-state index in [2.05, 4.69) is 10.1 Å². The van der Waals surface area contributed by atoms with Gasteiger partial charge in [0.05, 0.1) is 14.8 Å². The van der Waals surface area contributed by atoms with Crippen LogP contribution in [0.5, 0.6) is 0 Å². The molecule has 8 heteroatoms. The van der Waals surface area contributed by atoms with Crippen molar-refractivity contribution in [1.82, 2.24) is 15.0 Å². The minimum absolute atomic E-state index is 0.00850. The molecule has 0 spiro atoms. The van der Waals surface area contributed by atoms with Crippen LogP contribution in [0.2, 0.25) is 4.34 Å². The molecule has 1 aliphatic heterocycles. The molecule has 3 heterocycles. The molecule has 2 aromatic heterocycles. The number of nitrogens with zero attached hydrogens (tertiary/aromatic N) is 3. The Balaban J connectivity index is 1.43. The number of halogens is 2. The second kappa shape index (κ2) is 7.78. The van der Waals surface area contributed by atoms with Gasteiger partial charge in [-0.15, -0.1) is 11.3 Å². The van der Waals surface area contributed by atoms with Crippen molar-refractivity contribution in [2.45, 2.75) is 19.3 Å². The van der Waals surface area contributed by atoms with Crippen LogP contribution in [-0.4, -0.2) is 34.0 Å². The van der Waals surface area contributed by atoms with E-state index in [0.717, 1.165) is 19.4 Å². The van der Waals surface area contributed by atoms with Crippen LogP contribution < -0.4 is 0 Å². The minimum Gasteiger partial charge on any atom is -0.339 e. The number of rotatable bonds is 4. The maximum absolute atomic E-state index is 13.9. The summed E-state index contributed by atoms with van der Waals surface area (Å²) in [5.74, 6) is 0.571. The number of carbonyl (C=O) groups is 1. The van der Waals surface area contributed by atoms with E-state index in [1.165, 1.54) is 17.4 Å². The summed E-state index contributed by atoms with van der Waals surface area (Å²) in [4.78, 5) is 19.5. The van der Waals surface area contributed by atoms with Gasteiger partial charge in [0.1, 0.15) is 5.82 Å². The average molecular weight is 406 g/mol. The van der Waals surface area contributed by atoms with Crippen LogP contribution in [0.25, 0.3) is 11.4 Å². The van der Waals surface area contributed by atoms with Gasteiger partial charge in [0.25, 0.3) is 5.91 Å².